The van der Waals surface area contributed by atoms with Crippen LogP contribution in [-0.2, 0) is 0 Å². The van der Waals surface area contributed by atoms with Gasteiger partial charge in [-0.1, -0.05) is 70.9 Å². The van der Waals surface area contributed by atoms with Gasteiger partial charge in [0.25, 0.3) is 0 Å². The molecule has 0 heterocycles. The van der Waals surface area contributed by atoms with Crippen LogP contribution in [0.5, 0.6) is 0 Å². The molecule has 0 amide bonds. The van der Waals surface area contributed by atoms with Crippen LogP contribution in [0.4, 0.5) is 0 Å². The van der Waals surface area contributed by atoms with Gasteiger partial charge < -0.3 is 4.90 Å². The van der Waals surface area contributed by atoms with Crippen molar-refractivity contribution in [2.75, 3.05) is 18.8 Å². The smallest absolute Gasteiger partial charge is 0.194 e. The van der Waals surface area contributed by atoms with Crippen LogP contribution in [0.1, 0.15) is 20.3 Å². The zero-order valence-electron chi connectivity index (χ0n) is 9.38. The van der Waals surface area contributed by atoms with Crippen LogP contribution >= 0.6 is 58.8 Å². The molecule has 0 aliphatic carbocycles. The molecule has 94 valence electrons. The Kier molecular flexibility index (Phi) is 9.34. The third-order valence-electron chi connectivity index (χ3n) is 1.84. The first-order chi connectivity index (χ1) is 7.40. The largest absolute Gasteiger partial charge is 0.358 e. The van der Waals surface area contributed by atoms with Crippen LogP contribution < -0.4 is 0 Å². The zero-order chi connectivity index (χ0) is 12.6. The Morgan fingerprint density at radius 1 is 1.25 bits per heavy atom. The number of thiocarbonyl (C=S) groups is 1. The van der Waals surface area contributed by atoms with E-state index in [9.17, 15) is 0 Å². The standard InChI is InChI=1S/C10H16Cl3NS2/c1-3-14(4-2)9(15)16-8-6-5-7-10(11,12)13/h5-6H,3-4,7-8H2,1-2H3/b6-5-. The molecule has 0 aromatic rings. The monoisotopic (exact) mass is 319 g/mol. The van der Waals surface area contributed by atoms with Crippen LogP contribution in [0, 0.1) is 0 Å². The Bertz CT molecular complexity index is 235. The Balaban J connectivity index is 3.77. The molecule has 0 radical (unpaired) electrons. The van der Waals surface area contributed by atoms with Gasteiger partial charge in [0.15, 0.2) is 3.79 Å². The predicted octanol–water partition coefficient (Wildman–Crippen LogP) is 4.66. The van der Waals surface area contributed by atoms with Gasteiger partial charge in [-0.3, -0.25) is 0 Å². The topological polar surface area (TPSA) is 3.24 Å². The molecule has 0 aliphatic rings. The van der Waals surface area contributed by atoms with Crippen molar-refractivity contribution in [2.24, 2.45) is 0 Å². The molecule has 1 nitrogen and oxygen atoms in total. The van der Waals surface area contributed by atoms with E-state index in [4.69, 9.17) is 47.0 Å². The van der Waals surface area contributed by atoms with Crippen LogP contribution in [-0.4, -0.2) is 31.9 Å². The average Bonchev–Trinajstić information content (AvgIpc) is 2.17. The third-order valence-corrected chi connectivity index (χ3v) is 3.78. The van der Waals surface area contributed by atoms with Gasteiger partial charge in [-0.25, -0.2) is 0 Å². The number of nitrogens with zero attached hydrogens (tertiary/aromatic N) is 1. The molecule has 6 heteroatoms. The van der Waals surface area contributed by atoms with E-state index in [0.717, 1.165) is 23.2 Å². The highest BCUT2D eigenvalue weighted by Gasteiger charge is 2.16. The molecule has 0 atom stereocenters. The predicted molar refractivity (Wildman–Crippen MR) is 82.0 cm³/mol. The molecule has 0 aromatic heterocycles. The number of hydrogen-bond donors (Lipinski definition) is 0. The molecule has 0 saturated carbocycles. The number of alkyl halides is 3. The SMILES string of the molecule is CCN(CC)C(=S)SC/C=C\CC(Cl)(Cl)Cl. The minimum Gasteiger partial charge on any atom is -0.358 e. The van der Waals surface area contributed by atoms with Crippen molar-refractivity contribution in [1.82, 2.24) is 4.90 Å². The summed E-state index contributed by atoms with van der Waals surface area (Å²) in [5.74, 6) is 0.816. The molecule has 0 rings (SSSR count). The van der Waals surface area contributed by atoms with Crippen LogP contribution in [0.3, 0.4) is 0 Å². The maximum atomic E-state index is 5.61. The lowest BCUT2D eigenvalue weighted by Gasteiger charge is -2.20. The van der Waals surface area contributed by atoms with Crippen molar-refractivity contribution in [3.8, 4) is 0 Å². The minimum absolute atomic E-state index is 0.427. The third kappa shape index (κ3) is 8.94. The molecule has 0 fully saturated rings. The van der Waals surface area contributed by atoms with Crippen molar-refractivity contribution in [1.29, 1.82) is 0 Å². The number of halogens is 3. The number of thioether (sulfide) groups is 1. The second-order valence-electron chi connectivity index (χ2n) is 3.04. The second-order valence-corrected chi connectivity index (χ2v) is 7.21. The van der Waals surface area contributed by atoms with E-state index >= 15 is 0 Å². The highest BCUT2D eigenvalue weighted by molar-refractivity contribution is 8.23. The fraction of sp³-hybridized carbons (Fsp3) is 0.700. The molecular formula is C10H16Cl3NS2. The average molecular weight is 321 g/mol. The number of rotatable bonds is 5. The molecular weight excluding hydrogens is 305 g/mol. The molecule has 16 heavy (non-hydrogen) atoms. The van der Waals surface area contributed by atoms with E-state index in [-0.39, 0.29) is 0 Å². The highest BCUT2D eigenvalue weighted by Crippen LogP contribution is 2.30. The van der Waals surface area contributed by atoms with Crippen LogP contribution in [0.2, 0.25) is 0 Å². The summed E-state index contributed by atoms with van der Waals surface area (Å²) in [7, 11) is 0. The molecule has 0 N–H and O–H groups in total. The molecule has 0 unspecified atom stereocenters. The number of allylic oxidation sites excluding steroid dienone is 1. The maximum Gasteiger partial charge on any atom is 0.194 e. The Labute approximate surface area is 122 Å². The van der Waals surface area contributed by atoms with Crippen molar-refractivity contribution >= 4 is 63.1 Å². The molecule has 0 bridgehead atoms. The molecule has 0 aromatic carbocycles. The van der Waals surface area contributed by atoms with Crippen molar-refractivity contribution in [3.05, 3.63) is 12.2 Å². The van der Waals surface area contributed by atoms with Crippen LogP contribution in [0.25, 0.3) is 0 Å². The first-order valence-electron chi connectivity index (χ1n) is 5.04. The lowest BCUT2D eigenvalue weighted by atomic mass is 10.4. The van der Waals surface area contributed by atoms with Gasteiger partial charge in [0.1, 0.15) is 4.32 Å². The summed E-state index contributed by atoms with van der Waals surface area (Å²) in [6.45, 7) is 6.07. The normalized spacial score (nSPS) is 12.1. The summed E-state index contributed by atoms with van der Waals surface area (Å²) < 4.78 is -0.274. The Morgan fingerprint density at radius 3 is 2.25 bits per heavy atom. The summed E-state index contributed by atoms with van der Waals surface area (Å²) >= 11 is 23.7. The van der Waals surface area contributed by atoms with Gasteiger partial charge in [0, 0.05) is 25.3 Å². The van der Waals surface area contributed by atoms with Gasteiger partial charge in [-0.2, -0.15) is 0 Å². The highest BCUT2D eigenvalue weighted by atomic mass is 35.6. The first-order valence-corrected chi connectivity index (χ1v) is 7.57. The van der Waals surface area contributed by atoms with Gasteiger partial charge in [0.05, 0.1) is 0 Å². The Morgan fingerprint density at radius 2 is 1.81 bits per heavy atom. The van der Waals surface area contributed by atoms with Gasteiger partial charge in [-0.05, 0) is 13.8 Å². The van der Waals surface area contributed by atoms with Crippen LogP contribution in [0.15, 0.2) is 12.2 Å². The van der Waals surface area contributed by atoms with Gasteiger partial charge >= 0.3 is 0 Å². The zero-order valence-corrected chi connectivity index (χ0v) is 13.3. The molecule has 0 spiro atoms. The summed E-state index contributed by atoms with van der Waals surface area (Å²) in [5.41, 5.74) is 0. The van der Waals surface area contributed by atoms with Gasteiger partial charge in [-0.15, -0.1) is 0 Å². The fourth-order valence-electron chi connectivity index (χ4n) is 0.977. The van der Waals surface area contributed by atoms with Crippen molar-refractivity contribution < 1.29 is 0 Å². The quantitative estimate of drug-likeness (QED) is 0.412. The summed E-state index contributed by atoms with van der Waals surface area (Å²) in [6, 6.07) is 0. The first kappa shape index (κ1) is 16.9. The van der Waals surface area contributed by atoms with E-state index in [1.165, 1.54) is 0 Å². The van der Waals surface area contributed by atoms with E-state index in [0.29, 0.717) is 6.42 Å². The lowest BCUT2D eigenvalue weighted by Crippen LogP contribution is -2.26. The summed E-state index contributed by atoms with van der Waals surface area (Å²) in [4.78, 5) is 2.14. The van der Waals surface area contributed by atoms with E-state index in [1.807, 2.05) is 12.2 Å². The second kappa shape index (κ2) is 8.87. The van der Waals surface area contributed by atoms with E-state index < -0.39 is 3.79 Å². The molecule has 0 saturated heterocycles. The summed E-state index contributed by atoms with van der Waals surface area (Å²) in [6.07, 6.45) is 4.27. The maximum absolute atomic E-state index is 5.61. The number of hydrogen-bond acceptors (Lipinski definition) is 2. The van der Waals surface area contributed by atoms with Crippen molar-refractivity contribution in [3.63, 3.8) is 0 Å². The summed E-state index contributed by atoms with van der Waals surface area (Å²) in [5, 5.41) is 0. The Hall–Kier alpha value is 0.850. The van der Waals surface area contributed by atoms with Gasteiger partial charge in [0.2, 0.25) is 0 Å². The van der Waals surface area contributed by atoms with E-state index in [2.05, 4.69) is 18.7 Å². The molecule has 0 aliphatic heterocycles. The van der Waals surface area contributed by atoms with E-state index in [1.54, 1.807) is 11.8 Å². The van der Waals surface area contributed by atoms with Crippen molar-refractivity contribution in [2.45, 2.75) is 24.1 Å². The minimum atomic E-state index is -1.19. The fourth-order valence-corrected chi connectivity index (χ4v) is 2.52. The lowest BCUT2D eigenvalue weighted by molar-refractivity contribution is 0.482.